The summed E-state index contributed by atoms with van der Waals surface area (Å²) in [5, 5.41) is 19.7. The maximum atomic E-state index is 9.55. The third kappa shape index (κ3) is 5.59. The second-order valence-corrected chi connectivity index (χ2v) is 6.83. The molecule has 0 aliphatic carbocycles. The molecule has 2 aliphatic rings. The Morgan fingerprint density at radius 1 is 1.03 bits per heavy atom. The molecule has 0 spiro atoms. The number of aliphatic imine (C=N–C) groups is 1. The van der Waals surface area contributed by atoms with Crippen molar-refractivity contribution in [1.29, 1.82) is 0 Å². The molecule has 0 radical (unpaired) electrons. The first-order valence-electron chi connectivity index (χ1n) is 9.19. The summed E-state index contributed by atoms with van der Waals surface area (Å²) in [5.41, 5.74) is 1.80. The van der Waals surface area contributed by atoms with Crippen molar-refractivity contribution in [3.05, 3.63) is 65.2 Å². The van der Waals surface area contributed by atoms with Gasteiger partial charge in [0.15, 0.2) is 5.75 Å². The van der Waals surface area contributed by atoms with Gasteiger partial charge >= 0.3 is 11.9 Å². The zero-order chi connectivity index (χ0) is 21.5. The predicted molar refractivity (Wildman–Crippen MR) is 113 cm³/mol. The van der Waals surface area contributed by atoms with E-state index in [1.807, 2.05) is 42.5 Å². The molecular formula is C21H20ClN3O5. The summed E-state index contributed by atoms with van der Waals surface area (Å²) in [6.45, 7) is 3.76. The highest BCUT2D eigenvalue weighted by Crippen LogP contribution is 2.38. The second-order valence-electron chi connectivity index (χ2n) is 6.39. The molecule has 0 amide bonds. The standard InChI is InChI=1S/C17H16ClN3O.C4H4O4/c18-12-5-6-15-13(11-12)17(21-9-7-19-8-10-21)20-14-3-1-2-4-16(14)22-15;5-3(6)1-2-4(7)8/h1-6,11,19H,7-10H2;1-2H,(H,5,6)(H,7,8)/b;2-1+. The average molecular weight is 430 g/mol. The van der Waals surface area contributed by atoms with Gasteiger partial charge in [-0.15, -0.1) is 0 Å². The Balaban J connectivity index is 0.000000275. The molecule has 0 saturated carbocycles. The minimum absolute atomic E-state index is 0.558. The molecular weight excluding hydrogens is 410 g/mol. The summed E-state index contributed by atoms with van der Waals surface area (Å²) in [6, 6.07) is 13.6. The maximum Gasteiger partial charge on any atom is 0.328 e. The van der Waals surface area contributed by atoms with E-state index in [0.29, 0.717) is 17.2 Å². The van der Waals surface area contributed by atoms with E-state index in [4.69, 9.17) is 31.5 Å². The van der Waals surface area contributed by atoms with Crippen molar-refractivity contribution in [2.24, 2.45) is 4.99 Å². The van der Waals surface area contributed by atoms with E-state index in [1.54, 1.807) is 0 Å². The van der Waals surface area contributed by atoms with Crippen LogP contribution in [0.3, 0.4) is 0 Å². The average Bonchev–Trinajstić information content (AvgIpc) is 2.90. The maximum absolute atomic E-state index is 9.55. The Morgan fingerprint density at radius 3 is 2.37 bits per heavy atom. The zero-order valence-electron chi connectivity index (χ0n) is 15.9. The van der Waals surface area contributed by atoms with Gasteiger partial charge in [0.2, 0.25) is 0 Å². The lowest BCUT2D eigenvalue weighted by Gasteiger charge is -2.30. The number of nitrogens with zero attached hydrogens (tertiary/aromatic N) is 2. The molecule has 0 atom stereocenters. The van der Waals surface area contributed by atoms with Crippen molar-refractivity contribution in [1.82, 2.24) is 10.2 Å². The molecule has 1 saturated heterocycles. The van der Waals surface area contributed by atoms with E-state index in [9.17, 15) is 9.59 Å². The highest BCUT2D eigenvalue weighted by atomic mass is 35.5. The van der Waals surface area contributed by atoms with E-state index in [-0.39, 0.29) is 0 Å². The number of nitrogens with one attached hydrogen (secondary N) is 1. The number of carboxylic acid groups (broad SMARTS) is 2. The molecule has 3 N–H and O–H groups in total. The third-order valence-electron chi connectivity index (χ3n) is 4.28. The van der Waals surface area contributed by atoms with E-state index in [1.165, 1.54) is 0 Å². The molecule has 0 bridgehead atoms. The first-order valence-corrected chi connectivity index (χ1v) is 9.57. The zero-order valence-corrected chi connectivity index (χ0v) is 16.7. The number of carboxylic acids is 2. The number of halogens is 1. The van der Waals surface area contributed by atoms with Crippen LogP contribution in [0.5, 0.6) is 11.5 Å². The number of benzene rings is 2. The highest BCUT2D eigenvalue weighted by Gasteiger charge is 2.23. The molecule has 156 valence electrons. The number of hydrogen-bond donors (Lipinski definition) is 3. The number of rotatable bonds is 2. The lowest BCUT2D eigenvalue weighted by Crippen LogP contribution is -2.46. The topological polar surface area (TPSA) is 111 Å². The number of hydrogen-bond acceptors (Lipinski definition) is 6. The van der Waals surface area contributed by atoms with Crippen LogP contribution in [-0.2, 0) is 9.59 Å². The highest BCUT2D eigenvalue weighted by molar-refractivity contribution is 6.31. The number of fused-ring (bicyclic) bond motifs is 2. The van der Waals surface area contributed by atoms with Crippen LogP contribution in [0.2, 0.25) is 5.02 Å². The summed E-state index contributed by atoms with van der Waals surface area (Å²) in [5.74, 6) is -0.00779. The van der Waals surface area contributed by atoms with Crippen LogP contribution in [-0.4, -0.2) is 59.1 Å². The normalized spacial score (nSPS) is 15.0. The van der Waals surface area contributed by atoms with Crippen molar-refractivity contribution in [2.75, 3.05) is 26.2 Å². The minimum Gasteiger partial charge on any atom is -0.478 e. The van der Waals surface area contributed by atoms with Gasteiger partial charge < -0.3 is 25.2 Å². The van der Waals surface area contributed by atoms with E-state index < -0.39 is 11.9 Å². The molecule has 2 heterocycles. The fourth-order valence-corrected chi connectivity index (χ4v) is 3.13. The number of amidine groups is 1. The Morgan fingerprint density at radius 2 is 1.70 bits per heavy atom. The number of piperazine rings is 1. The van der Waals surface area contributed by atoms with E-state index in [0.717, 1.165) is 54.8 Å². The molecule has 2 aromatic rings. The molecule has 0 unspecified atom stereocenters. The summed E-state index contributed by atoms with van der Waals surface area (Å²) in [4.78, 5) is 26.3. The molecule has 4 rings (SSSR count). The molecule has 2 aromatic carbocycles. The van der Waals surface area contributed by atoms with Gasteiger partial charge in [-0.2, -0.15) is 0 Å². The summed E-state index contributed by atoms with van der Waals surface area (Å²) in [7, 11) is 0. The first-order chi connectivity index (χ1) is 14.4. The monoisotopic (exact) mass is 429 g/mol. The van der Waals surface area contributed by atoms with Gasteiger partial charge in [-0.25, -0.2) is 14.6 Å². The van der Waals surface area contributed by atoms with Gasteiger partial charge in [0.25, 0.3) is 0 Å². The Labute approximate surface area is 178 Å². The molecule has 0 aromatic heterocycles. The number of carbonyl (C=O) groups is 2. The third-order valence-corrected chi connectivity index (χ3v) is 4.51. The van der Waals surface area contributed by atoms with Gasteiger partial charge in [0.05, 0.1) is 5.56 Å². The fourth-order valence-electron chi connectivity index (χ4n) is 2.95. The van der Waals surface area contributed by atoms with Crippen molar-refractivity contribution in [3.8, 4) is 11.5 Å². The van der Waals surface area contributed by atoms with Gasteiger partial charge in [-0.3, -0.25) is 0 Å². The quantitative estimate of drug-likeness (QED) is 0.629. The smallest absolute Gasteiger partial charge is 0.328 e. The summed E-state index contributed by atoms with van der Waals surface area (Å²) < 4.78 is 6.06. The predicted octanol–water partition coefficient (Wildman–Crippen LogP) is 3.14. The summed E-state index contributed by atoms with van der Waals surface area (Å²) in [6.07, 6.45) is 1.12. The molecule has 1 fully saturated rings. The van der Waals surface area contributed by atoms with Crippen molar-refractivity contribution < 1.29 is 24.5 Å². The van der Waals surface area contributed by atoms with Crippen LogP contribution in [0.1, 0.15) is 5.56 Å². The summed E-state index contributed by atoms with van der Waals surface area (Å²) >= 11 is 6.20. The Bertz CT molecular complexity index is 984. The largest absolute Gasteiger partial charge is 0.478 e. The molecule has 9 heteroatoms. The second kappa shape index (κ2) is 9.91. The minimum atomic E-state index is -1.26. The van der Waals surface area contributed by atoms with Crippen molar-refractivity contribution >= 4 is 35.1 Å². The van der Waals surface area contributed by atoms with Crippen molar-refractivity contribution in [2.45, 2.75) is 0 Å². The molecule has 30 heavy (non-hydrogen) atoms. The van der Waals surface area contributed by atoms with E-state index >= 15 is 0 Å². The Kier molecular flexibility index (Phi) is 7.05. The van der Waals surface area contributed by atoms with E-state index in [2.05, 4.69) is 10.2 Å². The number of ether oxygens (including phenoxy) is 1. The van der Waals surface area contributed by atoms with Crippen LogP contribution in [0.15, 0.2) is 59.6 Å². The lowest BCUT2D eigenvalue weighted by molar-refractivity contribution is -0.134. The number of aliphatic carboxylic acids is 2. The Hall–Kier alpha value is -3.36. The first kappa shape index (κ1) is 21.4. The number of para-hydroxylation sites is 2. The lowest BCUT2D eigenvalue weighted by atomic mass is 10.1. The van der Waals surface area contributed by atoms with Crippen molar-refractivity contribution in [3.63, 3.8) is 0 Å². The van der Waals surface area contributed by atoms with Crippen LogP contribution >= 0.6 is 11.6 Å². The SMILES string of the molecule is Clc1ccc2c(c1)C(N1CCNCC1)=Nc1ccccc1O2.O=C(O)/C=C/C(=O)O. The molecule has 2 aliphatic heterocycles. The van der Waals surface area contributed by atoms with Crippen LogP contribution in [0, 0.1) is 0 Å². The van der Waals surface area contributed by atoms with Gasteiger partial charge in [0, 0.05) is 43.4 Å². The fraction of sp³-hybridized carbons (Fsp3) is 0.190. The van der Waals surface area contributed by atoms with Crippen LogP contribution < -0.4 is 10.1 Å². The van der Waals surface area contributed by atoms with Crippen LogP contribution in [0.25, 0.3) is 0 Å². The van der Waals surface area contributed by atoms with Gasteiger partial charge in [-0.1, -0.05) is 23.7 Å². The van der Waals surface area contributed by atoms with Gasteiger partial charge in [-0.05, 0) is 30.3 Å². The molecule has 8 nitrogen and oxygen atoms in total. The van der Waals surface area contributed by atoms with Crippen LogP contribution in [0.4, 0.5) is 5.69 Å². The van der Waals surface area contributed by atoms with Gasteiger partial charge in [0.1, 0.15) is 17.3 Å².